The molecule has 1 aliphatic rings. The fraction of sp³-hybridized carbons (Fsp3) is 0.188. The summed E-state index contributed by atoms with van der Waals surface area (Å²) < 4.78 is 32.3. The smallest absolute Gasteiger partial charge is 0.264 e. The number of carbonyl (C=O) groups excluding carboxylic acids is 1. The van der Waals surface area contributed by atoms with Crippen molar-refractivity contribution in [2.45, 2.75) is 17.2 Å². The van der Waals surface area contributed by atoms with Gasteiger partial charge in [0.25, 0.3) is 10.0 Å². The van der Waals surface area contributed by atoms with Gasteiger partial charge >= 0.3 is 0 Å². The number of hydrogen-bond donors (Lipinski definition) is 1. The number of nitrogens with one attached hydrogen (secondary N) is 1. The van der Waals surface area contributed by atoms with Gasteiger partial charge in [0.15, 0.2) is 0 Å². The van der Waals surface area contributed by atoms with E-state index in [4.69, 9.17) is 16.3 Å². The number of halogens is 1. The second-order valence-electron chi connectivity index (χ2n) is 5.15. The molecule has 5 nitrogen and oxygen atoms in total. The van der Waals surface area contributed by atoms with E-state index in [1.54, 1.807) is 24.3 Å². The van der Waals surface area contributed by atoms with Crippen molar-refractivity contribution in [3.05, 3.63) is 59.1 Å². The van der Waals surface area contributed by atoms with Gasteiger partial charge in [-0.2, -0.15) is 0 Å². The number of para-hydroxylation sites is 1. The van der Waals surface area contributed by atoms with Crippen molar-refractivity contribution < 1.29 is 17.9 Å². The zero-order chi connectivity index (χ0) is 16.4. The molecule has 1 amide bonds. The maximum atomic E-state index is 12.5. The molecule has 1 unspecified atom stereocenters. The van der Waals surface area contributed by atoms with E-state index in [1.165, 1.54) is 18.2 Å². The number of amides is 1. The lowest BCUT2D eigenvalue weighted by Gasteiger charge is -2.24. The molecule has 120 valence electrons. The average molecular weight is 352 g/mol. The first-order chi connectivity index (χ1) is 11.0. The number of carbonyl (C=O) groups is 1. The largest absolute Gasteiger partial charge is 0.493 e. The molecule has 2 aromatic rings. The third kappa shape index (κ3) is 3.33. The predicted molar refractivity (Wildman–Crippen MR) is 86.1 cm³/mol. The van der Waals surface area contributed by atoms with Crippen molar-refractivity contribution in [2.75, 3.05) is 6.61 Å². The van der Waals surface area contributed by atoms with E-state index < -0.39 is 21.8 Å². The van der Waals surface area contributed by atoms with Gasteiger partial charge in [-0.25, -0.2) is 13.1 Å². The van der Waals surface area contributed by atoms with E-state index in [0.717, 1.165) is 0 Å². The molecule has 1 N–H and O–H groups in total. The molecular weight excluding hydrogens is 338 g/mol. The van der Waals surface area contributed by atoms with Gasteiger partial charge in [0.2, 0.25) is 5.91 Å². The molecule has 3 rings (SSSR count). The van der Waals surface area contributed by atoms with E-state index >= 15 is 0 Å². The van der Waals surface area contributed by atoms with Gasteiger partial charge < -0.3 is 4.74 Å². The minimum Gasteiger partial charge on any atom is -0.493 e. The van der Waals surface area contributed by atoms with E-state index in [0.29, 0.717) is 24.3 Å². The average Bonchev–Trinajstić information content (AvgIpc) is 2.54. The quantitative estimate of drug-likeness (QED) is 0.922. The number of benzene rings is 2. The highest BCUT2D eigenvalue weighted by Crippen LogP contribution is 2.33. The summed E-state index contributed by atoms with van der Waals surface area (Å²) in [5.74, 6) is -0.520. The summed E-state index contributed by atoms with van der Waals surface area (Å²) in [6, 6.07) is 12.9. The summed E-state index contributed by atoms with van der Waals surface area (Å²) in [5.41, 5.74) is 0.692. The lowest BCUT2D eigenvalue weighted by atomic mass is 9.93. The zero-order valence-corrected chi connectivity index (χ0v) is 13.6. The zero-order valence-electron chi connectivity index (χ0n) is 12.0. The minimum absolute atomic E-state index is 0.0429. The number of sulfonamides is 1. The molecule has 0 saturated heterocycles. The summed E-state index contributed by atoms with van der Waals surface area (Å²) in [5, 5.41) is 0.289. The van der Waals surface area contributed by atoms with Crippen LogP contribution in [0.15, 0.2) is 53.4 Å². The second-order valence-corrected chi connectivity index (χ2v) is 7.27. The standard InChI is InChI=1S/C16H14ClNO4S/c17-11-4-3-5-12(10-11)23(20,21)18-16(19)14-8-9-22-15-7-2-1-6-13(14)15/h1-7,10,14H,8-9H2,(H,18,19). The first-order valence-corrected chi connectivity index (χ1v) is 8.87. The summed E-state index contributed by atoms with van der Waals surface area (Å²) in [6.07, 6.45) is 0.425. The van der Waals surface area contributed by atoms with Crippen molar-refractivity contribution in [2.24, 2.45) is 0 Å². The number of hydrogen-bond acceptors (Lipinski definition) is 4. The molecular formula is C16H14ClNO4S. The van der Waals surface area contributed by atoms with Crippen LogP contribution >= 0.6 is 11.6 Å². The Morgan fingerprint density at radius 2 is 1.96 bits per heavy atom. The van der Waals surface area contributed by atoms with Gasteiger partial charge in [0, 0.05) is 10.6 Å². The van der Waals surface area contributed by atoms with Gasteiger partial charge in [-0.15, -0.1) is 0 Å². The van der Waals surface area contributed by atoms with Gasteiger partial charge in [-0.3, -0.25) is 4.79 Å². The number of fused-ring (bicyclic) bond motifs is 1. The summed E-state index contributed by atoms with van der Waals surface area (Å²) in [4.78, 5) is 12.4. The minimum atomic E-state index is -3.96. The molecule has 0 radical (unpaired) electrons. The third-order valence-electron chi connectivity index (χ3n) is 3.62. The first kappa shape index (κ1) is 15.8. The fourth-order valence-electron chi connectivity index (χ4n) is 2.51. The molecule has 0 fully saturated rings. The first-order valence-electron chi connectivity index (χ1n) is 7.01. The van der Waals surface area contributed by atoms with Crippen LogP contribution in [-0.4, -0.2) is 20.9 Å². The van der Waals surface area contributed by atoms with Crippen LogP contribution in [0.5, 0.6) is 5.75 Å². The van der Waals surface area contributed by atoms with Crippen LogP contribution in [0.2, 0.25) is 5.02 Å². The van der Waals surface area contributed by atoms with Gasteiger partial charge in [-0.05, 0) is 30.7 Å². The predicted octanol–water partition coefficient (Wildman–Crippen LogP) is 2.71. The Labute approximate surface area is 139 Å². The molecule has 2 aromatic carbocycles. The summed E-state index contributed by atoms with van der Waals surface area (Å²) in [7, 11) is -3.96. The fourth-order valence-corrected chi connectivity index (χ4v) is 3.83. The Kier molecular flexibility index (Phi) is 4.28. The van der Waals surface area contributed by atoms with E-state index in [-0.39, 0.29) is 9.92 Å². The lowest BCUT2D eigenvalue weighted by molar-refractivity contribution is -0.121. The summed E-state index contributed by atoms with van der Waals surface area (Å²) >= 11 is 5.81. The van der Waals surface area contributed by atoms with E-state index in [2.05, 4.69) is 4.72 Å². The van der Waals surface area contributed by atoms with Crippen molar-refractivity contribution in [3.63, 3.8) is 0 Å². The Balaban J connectivity index is 1.85. The molecule has 0 spiro atoms. The third-order valence-corrected chi connectivity index (χ3v) is 5.20. The van der Waals surface area contributed by atoms with Gasteiger partial charge in [0.1, 0.15) is 5.75 Å². The molecule has 0 aliphatic carbocycles. The van der Waals surface area contributed by atoms with Crippen LogP contribution in [0.3, 0.4) is 0 Å². The Morgan fingerprint density at radius 3 is 2.74 bits per heavy atom. The van der Waals surface area contributed by atoms with Crippen LogP contribution in [0.1, 0.15) is 17.9 Å². The van der Waals surface area contributed by atoms with Crippen LogP contribution in [0, 0.1) is 0 Å². The monoisotopic (exact) mass is 351 g/mol. The molecule has 7 heteroatoms. The lowest BCUT2D eigenvalue weighted by Crippen LogP contribution is -2.36. The Bertz CT molecular complexity index is 851. The van der Waals surface area contributed by atoms with E-state index in [1.807, 2.05) is 6.07 Å². The van der Waals surface area contributed by atoms with Crippen LogP contribution < -0.4 is 9.46 Å². The maximum Gasteiger partial charge on any atom is 0.264 e. The Morgan fingerprint density at radius 1 is 1.17 bits per heavy atom. The normalized spacial score (nSPS) is 17.0. The van der Waals surface area contributed by atoms with Crippen LogP contribution in [0.4, 0.5) is 0 Å². The molecule has 23 heavy (non-hydrogen) atoms. The van der Waals surface area contributed by atoms with Crippen molar-refractivity contribution in [3.8, 4) is 5.75 Å². The van der Waals surface area contributed by atoms with Crippen LogP contribution in [0.25, 0.3) is 0 Å². The molecule has 0 bridgehead atoms. The summed E-state index contributed by atoms with van der Waals surface area (Å²) in [6.45, 7) is 0.367. The number of ether oxygens (including phenoxy) is 1. The molecule has 1 atom stereocenters. The van der Waals surface area contributed by atoms with Crippen LogP contribution in [-0.2, 0) is 14.8 Å². The molecule has 1 aliphatic heterocycles. The van der Waals surface area contributed by atoms with Crippen molar-refractivity contribution in [1.29, 1.82) is 0 Å². The highest BCUT2D eigenvalue weighted by molar-refractivity contribution is 7.90. The molecule has 0 aromatic heterocycles. The van der Waals surface area contributed by atoms with E-state index in [9.17, 15) is 13.2 Å². The highest BCUT2D eigenvalue weighted by Gasteiger charge is 2.30. The molecule has 0 saturated carbocycles. The van der Waals surface area contributed by atoms with Gasteiger partial charge in [0.05, 0.1) is 17.4 Å². The van der Waals surface area contributed by atoms with Gasteiger partial charge in [-0.1, -0.05) is 35.9 Å². The molecule has 1 heterocycles. The second kappa shape index (κ2) is 6.22. The van der Waals surface area contributed by atoms with Crippen molar-refractivity contribution in [1.82, 2.24) is 4.72 Å². The topological polar surface area (TPSA) is 72.5 Å². The highest BCUT2D eigenvalue weighted by atomic mass is 35.5. The Hall–Kier alpha value is -2.05. The SMILES string of the molecule is O=C(NS(=O)(=O)c1cccc(Cl)c1)C1CCOc2ccccc21. The maximum absolute atomic E-state index is 12.5. The van der Waals surface area contributed by atoms with Crippen molar-refractivity contribution >= 4 is 27.5 Å². The number of rotatable bonds is 3.